The summed E-state index contributed by atoms with van der Waals surface area (Å²) in [6.45, 7) is 1.93. The van der Waals surface area contributed by atoms with Crippen LogP contribution >= 0.6 is 46.6 Å². The smallest absolute Gasteiger partial charge is 0.238 e. The molecule has 1 amide bonds. The summed E-state index contributed by atoms with van der Waals surface area (Å²) in [5.41, 5.74) is 2.58. The zero-order valence-electron chi connectivity index (χ0n) is 11.6. The third-order valence-corrected chi connectivity index (χ3v) is 5.98. The van der Waals surface area contributed by atoms with Gasteiger partial charge < -0.3 is 0 Å². The maximum Gasteiger partial charge on any atom is 0.238 e. The second-order valence-corrected chi connectivity index (χ2v) is 7.26. The Kier molecular flexibility index (Phi) is 4.60. The van der Waals surface area contributed by atoms with Crippen LogP contribution in [0.1, 0.15) is 16.5 Å². The summed E-state index contributed by atoms with van der Waals surface area (Å²) < 4.78 is 0. The minimum absolute atomic E-state index is 0.0333. The molecular weight excluding hydrogens is 361 g/mol. The quantitative estimate of drug-likeness (QED) is 0.670. The zero-order valence-corrected chi connectivity index (χ0v) is 14.7. The van der Waals surface area contributed by atoms with Crippen LogP contribution in [-0.4, -0.2) is 11.7 Å². The second kappa shape index (κ2) is 6.32. The van der Waals surface area contributed by atoms with Gasteiger partial charge in [-0.1, -0.05) is 53.0 Å². The highest BCUT2D eigenvalue weighted by Crippen LogP contribution is 2.45. The van der Waals surface area contributed by atoms with E-state index in [-0.39, 0.29) is 11.3 Å². The van der Waals surface area contributed by atoms with Crippen LogP contribution in [0.4, 0.5) is 5.69 Å². The normalized spacial score (nSPS) is 18.1. The molecular formula is C16H12Cl3NOS. The number of thioether (sulfide) groups is 1. The molecule has 2 aromatic rings. The molecule has 22 heavy (non-hydrogen) atoms. The second-order valence-electron chi connectivity index (χ2n) is 5.00. The number of aryl methyl sites for hydroxylation is 1. The first kappa shape index (κ1) is 16.0. The monoisotopic (exact) mass is 371 g/mol. The average Bonchev–Trinajstić information content (AvgIpc) is 2.86. The molecule has 0 N–H and O–H groups in total. The van der Waals surface area contributed by atoms with Crippen LogP contribution in [0.5, 0.6) is 0 Å². The Bertz CT molecular complexity index is 750. The highest BCUT2D eigenvalue weighted by Gasteiger charge is 2.35. The Morgan fingerprint density at radius 3 is 2.64 bits per heavy atom. The van der Waals surface area contributed by atoms with Gasteiger partial charge >= 0.3 is 0 Å². The summed E-state index contributed by atoms with van der Waals surface area (Å²) in [7, 11) is 0. The highest BCUT2D eigenvalue weighted by molar-refractivity contribution is 8.00. The summed E-state index contributed by atoms with van der Waals surface area (Å²) in [5, 5.41) is 1.41. The third kappa shape index (κ3) is 2.83. The van der Waals surface area contributed by atoms with Gasteiger partial charge in [-0.05, 0) is 30.7 Å². The number of hydrogen-bond donors (Lipinski definition) is 0. The predicted molar refractivity (Wildman–Crippen MR) is 95.3 cm³/mol. The first-order valence-electron chi connectivity index (χ1n) is 6.63. The van der Waals surface area contributed by atoms with Crippen molar-refractivity contribution in [3.63, 3.8) is 0 Å². The van der Waals surface area contributed by atoms with Crippen LogP contribution in [0.2, 0.25) is 15.1 Å². The van der Waals surface area contributed by atoms with Crippen LogP contribution in [0, 0.1) is 6.92 Å². The van der Waals surface area contributed by atoms with E-state index in [2.05, 4.69) is 0 Å². The SMILES string of the molecule is Cc1ccc(N2C(=O)CS[C@H]2c2cccc(Cl)c2Cl)cc1Cl. The van der Waals surface area contributed by atoms with Gasteiger partial charge in [0.1, 0.15) is 5.37 Å². The lowest BCUT2D eigenvalue weighted by Crippen LogP contribution is -2.28. The van der Waals surface area contributed by atoms with Gasteiger partial charge in [-0.15, -0.1) is 11.8 Å². The van der Waals surface area contributed by atoms with Crippen molar-refractivity contribution in [2.45, 2.75) is 12.3 Å². The minimum atomic E-state index is -0.197. The third-order valence-electron chi connectivity index (χ3n) is 3.55. The number of halogens is 3. The molecule has 0 radical (unpaired) electrons. The van der Waals surface area contributed by atoms with Crippen molar-refractivity contribution in [1.29, 1.82) is 0 Å². The molecule has 2 aromatic carbocycles. The highest BCUT2D eigenvalue weighted by atomic mass is 35.5. The van der Waals surface area contributed by atoms with E-state index in [0.29, 0.717) is 20.8 Å². The van der Waals surface area contributed by atoms with Crippen molar-refractivity contribution in [1.82, 2.24) is 0 Å². The number of carbonyl (C=O) groups excluding carboxylic acids is 1. The van der Waals surface area contributed by atoms with E-state index in [4.69, 9.17) is 34.8 Å². The predicted octanol–water partition coefficient (Wildman–Crippen LogP) is 5.73. The van der Waals surface area contributed by atoms with Crippen LogP contribution in [0.3, 0.4) is 0 Å². The minimum Gasteiger partial charge on any atom is -0.295 e. The summed E-state index contributed by atoms with van der Waals surface area (Å²) in [4.78, 5) is 14.1. The van der Waals surface area contributed by atoms with Gasteiger partial charge in [-0.2, -0.15) is 0 Å². The van der Waals surface area contributed by atoms with Gasteiger partial charge in [-0.3, -0.25) is 9.69 Å². The Morgan fingerprint density at radius 1 is 1.14 bits per heavy atom. The number of anilines is 1. The molecule has 1 atom stereocenters. The lowest BCUT2D eigenvalue weighted by molar-refractivity contribution is -0.115. The van der Waals surface area contributed by atoms with Gasteiger partial charge in [0.15, 0.2) is 0 Å². The molecule has 1 aliphatic rings. The van der Waals surface area contributed by atoms with E-state index in [0.717, 1.165) is 16.8 Å². The first-order valence-corrected chi connectivity index (χ1v) is 8.81. The molecule has 1 heterocycles. The van der Waals surface area contributed by atoms with E-state index in [9.17, 15) is 4.79 Å². The summed E-state index contributed by atoms with van der Waals surface area (Å²) in [5.74, 6) is 0.435. The summed E-state index contributed by atoms with van der Waals surface area (Å²) in [6, 6.07) is 11.1. The summed E-state index contributed by atoms with van der Waals surface area (Å²) >= 11 is 20.2. The molecule has 0 aliphatic carbocycles. The van der Waals surface area contributed by atoms with E-state index in [1.54, 1.807) is 11.0 Å². The number of amides is 1. The van der Waals surface area contributed by atoms with Crippen LogP contribution < -0.4 is 4.90 Å². The number of hydrogen-bond acceptors (Lipinski definition) is 2. The van der Waals surface area contributed by atoms with E-state index in [1.165, 1.54) is 11.8 Å². The fourth-order valence-corrected chi connectivity index (χ4v) is 4.23. The standard InChI is InChI=1S/C16H12Cl3NOS/c1-9-5-6-10(7-13(9)18)20-14(21)8-22-16(20)11-3-2-4-12(17)15(11)19/h2-7,16H,8H2,1H3/t16-/m0/s1. The molecule has 0 aromatic heterocycles. The molecule has 0 unspecified atom stereocenters. The molecule has 2 nitrogen and oxygen atoms in total. The molecule has 6 heteroatoms. The maximum atomic E-state index is 12.3. The largest absolute Gasteiger partial charge is 0.295 e. The molecule has 1 fully saturated rings. The zero-order chi connectivity index (χ0) is 15.9. The molecule has 0 spiro atoms. The number of rotatable bonds is 2. The van der Waals surface area contributed by atoms with E-state index in [1.807, 2.05) is 37.3 Å². The van der Waals surface area contributed by atoms with Crippen molar-refractivity contribution in [2.75, 3.05) is 10.7 Å². The van der Waals surface area contributed by atoms with Gasteiger partial charge in [0, 0.05) is 16.3 Å². The maximum absolute atomic E-state index is 12.3. The molecule has 0 saturated carbocycles. The van der Waals surface area contributed by atoms with Crippen molar-refractivity contribution < 1.29 is 4.79 Å². The molecule has 0 bridgehead atoms. The number of carbonyl (C=O) groups is 1. The van der Waals surface area contributed by atoms with Crippen LogP contribution in [0.15, 0.2) is 36.4 Å². The molecule has 114 valence electrons. The molecule has 1 aliphatic heterocycles. The summed E-state index contributed by atoms with van der Waals surface area (Å²) in [6.07, 6.45) is 0. The van der Waals surface area contributed by atoms with Gasteiger partial charge in [0.25, 0.3) is 0 Å². The molecule has 3 rings (SSSR count). The fraction of sp³-hybridized carbons (Fsp3) is 0.188. The Balaban J connectivity index is 2.06. The van der Waals surface area contributed by atoms with Crippen LogP contribution in [0.25, 0.3) is 0 Å². The van der Waals surface area contributed by atoms with E-state index < -0.39 is 0 Å². The Labute approximate surface area is 148 Å². The first-order chi connectivity index (χ1) is 10.5. The van der Waals surface area contributed by atoms with Crippen molar-refractivity contribution in [3.05, 3.63) is 62.6 Å². The Hall–Kier alpha value is -0.870. The molecule has 1 saturated heterocycles. The lowest BCUT2D eigenvalue weighted by Gasteiger charge is -2.25. The van der Waals surface area contributed by atoms with Gasteiger partial charge in [0.05, 0.1) is 15.8 Å². The van der Waals surface area contributed by atoms with Crippen molar-refractivity contribution >= 4 is 58.2 Å². The lowest BCUT2D eigenvalue weighted by atomic mass is 10.1. The van der Waals surface area contributed by atoms with E-state index >= 15 is 0 Å². The topological polar surface area (TPSA) is 20.3 Å². The van der Waals surface area contributed by atoms with Crippen molar-refractivity contribution in [2.24, 2.45) is 0 Å². The average molecular weight is 373 g/mol. The van der Waals surface area contributed by atoms with Gasteiger partial charge in [-0.25, -0.2) is 0 Å². The van der Waals surface area contributed by atoms with Crippen molar-refractivity contribution in [3.8, 4) is 0 Å². The van der Waals surface area contributed by atoms with Gasteiger partial charge in [0.2, 0.25) is 5.91 Å². The number of benzene rings is 2. The fourth-order valence-electron chi connectivity index (χ4n) is 2.38. The van der Waals surface area contributed by atoms with Crippen LogP contribution in [-0.2, 0) is 4.79 Å². The number of nitrogens with zero attached hydrogens (tertiary/aromatic N) is 1. The Morgan fingerprint density at radius 2 is 1.91 bits per heavy atom.